The number of carbonyl (C=O) groups is 1. The molecule has 0 saturated carbocycles. The third-order valence-electron chi connectivity index (χ3n) is 0. The standard InChI is InChI=1S/CH2O3.2Nd.H3O4P/c2-1(3)4;;;1-5(2,3)4/h(H2,2,3,4);;;(H3,1,2,3,4)/q;2*+3;/p-5. The average molecular weight is 443 g/mol. The van der Waals surface area contributed by atoms with Crippen molar-refractivity contribution in [1.82, 2.24) is 0 Å². The maximum atomic E-state index is 8.55. The van der Waals surface area contributed by atoms with Crippen molar-refractivity contribution in [3.05, 3.63) is 0 Å². The van der Waals surface area contributed by atoms with Crippen molar-refractivity contribution >= 4 is 14.0 Å². The number of hydrogen-bond donors (Lipinski definition) is 0. The van der Waals surface area contributed by atoms with Crippen molar-refractivity contribution in [2.45, 2.75) is 0 Å². The molecule has 7 nitrogen and oxygen atoms in total. The third-order valence-corrected chi connectivity index (χ3v) is 0. The third kappa shape index (κ3) is 283. The molecule has 0 spiro atoms. The Morgan fingerprint density at radius 2 is 1.00 bits per heavy atom. The van der Waals surface area contributed by atoms with E-state index in [1.807, 2.05) is 0 Å². The van der Waals surface area contributed by atoms with Crippen LogP contribution in [-0.2, 0) is 4.57 Å². The molecule has 0 amide bonds. The number of carboxylic acid groups (broad SMARTS) is 2. The first-order valence-electron chi connectivity index (χ1n) is 1.34. The van der Waals surface area contributed by atoms with Gasteiger partial charge in [0.25, 0.3) is 0 Å². The zero-order chi connectivity index (χ0) is 8.08. The van der Waals surface area contributed by atoms with Gasteiger partial charge in [0.1, 0.15) is 0 Å². The molecule has 11 heavy (non-hydrogen) atoms. The van der Waals surface area contributed by atoms with Gasteiger partial charge in [0, 0.05) is 0 Å². The second-order valence-corrected chi connectivity index (χ2v) is 1.59. The van der Waals surface area contributed by atoms with Gasteiger partial charge in [-0.1, -0.05) is 0 Å². The Labute approximate surface area is 127 Å². The van der Waals surface area contributed by atoms with E-state index in [-0.39, 0.29) is 81.7 Å². The molecule has 0 aromatic rings. The van der Waals surface area contributed by atoms with Gasteiger partial charge in [-0.15, -0.1) is 0 Å². The maximum absolute atomic E-state index is 8.55. The second kappa shape index (κ2) is 12.1. The summed E-state index contributed by atoms with van der Waals surface area (Å²) in [4.78, 5) is 34.0. The summed E-state index contributed by atoms with van der Waals surface area (Å²) < 4.78 is 8.55. The normalized spacial score (nSPS) is 7.55. The van der Waals surface area contributed by atoms with E-state index in [0.29, 0.717) is 0 Å². The molecule has 0 rings (SSSR count). The molecular weight excluding hydrogens is 443 g/mol. The van der Waals surface area contributed by atoms with Crippen LogP contribution in [-0.4, -0.2) is 6.16 Å². The first kappa shape index (κ1) is 23.2. The van der Waals surface area contributed by atoms with Crippen molar-refractivity contribution in [2.75, 3.05) is 0 Å². The van der Waals surface area contributed by atoms with Crippen LogP contribution in [0.2, 0.25) is 0 Å². The summed E-state index contributed by atoms with van der Waals surface area (Å²) in [6.45, 7) is 0. The molecule has 0 aliphatic carbocycles. The number of carbonyl (C=O) groups excluding carboxylic acids is 1. The smallest absolute Gasteiger partial charge is 0.822 e. The quantitative estimate of drug-likeness (QED) is 0.340. The molecule has 0 heterocycles. The molecule has 0 aliphatic heterocycles. The molecule has 0 aromatic carbocycles. The molecule has 0 unspecified atom stereocenters. The van der Waals surface area contributed by atoms with Crippen LogP contribution in [0.3, 0.4) is 0 Å². The minimum absolute atomic E-state index is 0. The van der Waals surface area contributed by atoms with Gasteiger partial charge in [0.15, 0.2) is 0 Å². The fourth-order valence-electron chi connectivity index (χ4n) is 0. The Balaban J connectivity index is -0.0000000383. The fraction of sp³-hybridized carbons (Fsp3) is 0. The predicted molar refractivity (Wildman–Crippen MR) is 13.0 cm³/mol. The zero-order valence-corrected chi connectivity index (χ0v) is 12.1. The molecule has 0 aromatic heterocycles. The van der Waals surface area contributed by atoms with E-state index in [2.05, 4.69) is 0 Å². The van der Waals surface area contributed by atoms with Crippen LogP contribution in [0.25, 0.3) is 0 Å². The van der Waals surface area contributed by atoms with Gasteiger partial charge in [-0.3, -0.25) is 0 Å². The van der Waals surface area contributed by atoms with E-state index in [9.17, 15) is 0 Å². The predicted octanol–water partition coefficient (Wildman–Crippen LogP) is -5.27. The minimum atomic E-state index is -5.39. The van der Waals surface area contributed by atoms with Crippen LogP contribution in [0.5, 0.6) is 0 Å². The van der Waals surface area contributed by atoms with Crippen molar-refractivity contribution in [3.8, 4) is 0 Å². The number of hydrogen-bond acceptors (Lipinski definition) is 7. The molecule has 58 valence electrons. The van der Waals surface area contributed by atoms with Crippen LogP contribution in [0.4, 0.5) is 4.79 Å². The first-order chi connectivity index (χ1) is 3.73. The summed E-state index contributed by atoms with van der Waals surface area (Å²) >= 11 is 0. The molecule has 0 saturated heterocycles. The fourth-order valence-corrected chi connectivity index (χ4v) is 0. The van der Waals surface area contributed by atoms with E-state index >= 15 is 0 Å². The van der Waals surface area contributed by atoms with Gasteiger partial charge >= 0.3 is 81.7 Å². The molecule has 0 aliphatic rings. The van der Waals surface area contributed by atoms with E-state index in [1.54, 1.807) is 0 Å². The number of phosphoric acid groups is 1. The van der Waals surface area contributed by atoms with Crippen molar-refractivity contribution < 1.29 is 116 Å². The zero-order valence-electron chi connectivity index (χ0n) is 4.80. The molecular formula is CNd2O7P+. The van der Waals surface area contributed by atoms with Crippen LogP contribution < -0.4 is 24.9 Å². The van der Waals surface area contributed by atoms with Crippen LogP contribution in [0.15, 0.2) is 0 Å². The summed E-state index contributed by atoms with van der Waals surface area (Å²) in [5.41, 5.74) is 0. The van der Waals surface area contributed by atoms with Gasteiger partial charge in [-0.2, -0.15) is 7.82 Å². The van der Waals surface area contributed by atoms with E-state index in [0.717, 1.165) is 0 Å². The molecule has 2 radical (unpaired) electrons. The van der Waals surface area contributed by atoms with Crippen molar-refractivity contribution in [3.63, 3.8) is 0 Å². The summed E-state index contributed by atoms with van der Waals surface area (Å²) in [6.07, 6.45) is -2.33. The van der Waals surface area contributed by atoms with E-state index in [4.69, 9.17) is 34.3 Å². The van der Waals surface area contributed by atoms with Crippen molar-refractivity contribution in [2.24, 2.45) is 0 Å². The van der Waals surface area contributed by atoms with E-state index in [1.165, 1.54) is 0 Å². The van der Waals surface area contributed by atoms with Crippen molar-refractivity contribution in [1.29, 1.82) is 0 Å². The Bertz CT molecular complexity index is 116. The van der Waals surface area contributed by atoms with Gasteiger partial charge in [0.2, 0.25) is 0 Å². The molecule has 0 atom stereocenters. The van der Waals surface area contributed by atoms with Gasteiger partial charge in [0.05, 0.1) is 0 Å². The number of rotatable bonds is 0. The summed E-state index contributed by atoms with van der Waals surface area (Å²) in [5.74, 6) is 0. The SMILES string of the molecule is O=C([O-])[O-].O=P([O-])([O-])[O-].[Nd+3].[Nd+3]. The Kier molecular flexibility index (Phi) is 25.4. The van der Waals surface area contributed by atoms with Gasteiger partial charge in [-0.05, 0) is 6.16 Å². The molecule has 0 N–H and O–H groups in total. The second-order valence-electron chi connectivity index (χ2n) is 0.697. The largest absolute Gasteiger partial charge is 3.00 e. The van der Waals surface area contributed by atoms with Crippen LogP contribution in [0.1, 0.15) is 0 Å². The Morgan fingerprint density at radius 1 is 1.00 bits per heavy atom. The molecule has 10 heteroatoms. The Hall–Kier alpha value is 2.08. The van der Waals surface area contributed by atoms with Gasteiger partial charge < -0.3 is 34.3 Å². The Morgan fingerprint density at radius 3 is 1.00 bits per heavy atom. The van der Waals surface area contributed by atoms with Crippen LogP contribution >= 0.6 is 7.82 Å². The minimum Gasteiger partial charge on any atom is -0.822 e. The average Bonchev–Trinajstić information content (AvgIpc) is 1.19. The topological polar surface area (TPSA) is 149 Å². The van der Waals surface area contributed by atoms with Gasteiger partial charge in [-0.25, -0.2) is 0 Å². The molecule has 0 fully saturated rings. The summed E-state index contributed by atoms with van der Waals surface area (Å²) in [5, 5.41) is 16.7. The monoisotopic (exact) mass is 439 g/mol. The first-order valence-corrected chi connectivity index (χ1v) is 2.80. The summed E-state index contributed by atoms with van der Waals surface area (Å²) in [6, 6.07) is 0. The molecule has 0 bridgehead atoms. The maximum Gasteiger partial charge on any atom is 3.00 e. The summed E-state index contributed by atoms with van der Waals surface area (Å²) in [7, 11) is -5.39. The van der Waals surface area contributed by atoms with Crippen LogP contribution in [0, 0.1) is 81.7 Å². The van der Waals surface area contributed by atoms with E-state index < -0.39 is 14.0 Å².